The van der Waals surface area contributed by atoms with E-state index in [1.54, 1.807) is 18.2 Å². The zero-order valence-corrected chi connectivity index (χ0v) is 18.6. The van der Waals surface area contributed by atoms with Crippen molar-refractivity contribution in [2.75, 3.05) is 26.5 Å². The number of rotatable bonds is 6. The molecule has 0 saturated carbocycles. The van der Waals surface area contributed by atoms with Gasteiger partial charge in [0.15, 0.2) is 0 Å². The maximum atomic E-state index is 13.2. The molecular formula is C20H23ClN4O3S. The van der Waals surface area contributed by atoms with Crippen LogP contribution in [0.15, 0.2) is 23.0 Å². The number of nitrogens with one attached hydrogen (secondary N) is 1. The molecule has 3 rings (SSSR count). The van der Waals surface area contributed by atoms with Crippen LogP contribution in [0.3, 0.4) is 0 Å². The van der Waals surface area contributed by atoms with Crippen molar-refractivity contribution in [2.24, 2.45) is 0 Å². The Balaban J connectivity index is 1.96. The Hall–Kier alpha value is -2.42. The van der Waals surface area contributed by atoms with Gasteiger partial charge in [-0.2, -0.15) is 0 Å². The minimum atomic E-state index is -0.334. The molecule has 2 heterocycles. The Morgan fingerprint density at radius 1 is 1.34 bits per heavy atom. The minimum Gasteiger partial charge on any atom is -0.495 e. The highest BCUT2D eigenvalue weighted by molar-refractivity contribution is 7.18. The van der Waals surface area contributed by atoms with Crippen molar-refractivity contribution in [2.45, 2.75) is 26.9 Å². The van der Waals surface area contributed by atoms with Crippen LogP contribution in [0.5, 0.6) is 5.75 Å². The first-order chi connectivity index (χ1) is 13.7. The Morgan fingerprint density at radius 2 is 2.07 bits per heavy atom. The summed E-state index contributed by atoms with van der Waals surface area (Å²) in [7, 11) is 5.31. The molecule has 1 N–H and O–H groups in total. The summed E-state index contributed by atoms with van der Waals surface area (Å²) in [6.07, 6.45) is 0. The largest absolute Gasteiger partial charge is 0.495 e. The lowest BCUT2D eigenvalue weighted by Gasteiger charge is -2.16. The Bertz CT molecular complexity index is 1140. The minimum absolute atomic E-state index is 0.136. The summed E-state index contributed by atoms with van der Waals surface area (Å²) in [5.74, 6) is 0.739. The number of amides is 1. The molecule has 0 atom stereocenters. The number of halogens is 1. The van der Waals surface area contributed by atoms with E-state index in [0.29, 0.717) is 39.0 Å². The average Bonchev–Trinajstić information content (AvgIpc) is 2.92. The van der Waals surface area contributed by atoms with Crippen LogP contribution in [-0.2, 0) is 17.9 Å². The fourth-order valence-corrected chi connectivity index (χ4v) is 4.32. The molecule has 9 heteroatoms. The number of benzene rings is 1. The SMILES string of the molecule is COc1ccc(NC(=O)Cn2c(CN(C)C)nc3sc(C)c(C)c3c2=O)cc1Cl. The number of carbonyl (C=O) groups excluding carboxylic acids is 1. The van der Waals surface area contributed by atoms with Gasteiger partial charge in [0.25, 0.3) is 5.56 Å². The van der Waals surface area contributed by atoms with E-state index in [0.717, 1.165) is 10.4 Å². The van der Waals surface area contributed by atoms with Crippen LogP contribution >= 0.6 is 22.9 Å². The molecule has 0 saturated heterocycles. The summed E-state index contributed by atoms with van der Waals surface area (Å²) in [6, 6.07) is 4.97. The number of anilines is 1. The number of aromatic nitrogens is 2. The van der Waals surface area contributed by atoms with Crippen molar-refractivity contribution in [1.82, 2.24) is 14.5 Å². The van der Waals surface area contributed by atoms with Crippen LogP contribution in [0, 0.1) is 13.8 Å². The lowest BCUT2D eigenvalue weighted by atomic mass is 10.2. The summed E-state index contributed by atoms with van der Waals surface area (Å²) < 4.78 is 6.57. The fraction of sp³-hybridized carbons (Fsp3) is 0.350. The van der Waals surface area contributed by atoms with Gasteiger partial charge in [-0.15, -0.1) is 11.3 Å². The third kappa shape index (κ3) is 4.44. The number of nitrogens with zero attached hydrogens (tertiary/aromatic N) is 3. The molecule has 3 aromatic rings. The summed E-state index contributed by atoms with van der Waals surface area (Å²) in [5, 5.41) is 3.75. The number of hydrogen-bond acceptors (Lipinski definition) is 6. The van der Waals surface area contributed by atoms with E-state index >= 15 is 0 Å². The second kappa shape index (κ2) is 8.52. The van der Waals surface area contributed by atoms with E-state index in [9.17, 15) is 9.59 Å². The maximum Gasteiger partial charge on any atom is 0.263 e. The van der Waals surface area contributed by atoms with Gasteiger partial charge in [0, 0.05) is 10.6 Å². The number of thiophene rings is 1. The Morgan fingerprint density at radius 3 is 2.69 bits per heavy atom. The third-order valence-corrected chi connectivity index (χ3v) is 5.96. The Kier molecular flexibility index (Phi) is 6.26. The molecule has 0 aliphatic rings. The van der Waals surface area contributed by atoms with Crippen molar-refractivity contribution in [3.05, 3.63) is 49.8 Å². The van der Waals surface area contributed by atoms with Crippen LogP contribution in [-0.4, -0.2) is 41.6 Å². The van der Waals surface area contributed by atoms with E-state index in [1.807, 2.05) is 32.8 Å². The summed E-state index contributed by atoms with van der Waals surface area (Å²) in [6.45, 7) is 4.19. The van der Waals surface area contributed by atoms with Crippen LogP contribution in [0.1, 0.15) is 16.3 Å². The molecule has 0 aliphatic carbocycles. The first-order valence-corrected chi connectivity index (χ1v) is 10.2. The van der Waals surface area contributed by atoms with Crippen LogP contribution in [0.4, 0.5) is 5.69 Å². The second-order valence-corrected chi connectivity index (χ2v) is 8.63. The van der Waals surface area contributed by atoms with Crippen molar-refractivity contribution >= 4 is 44.7 Å². The molecule has 7 nitrogen and oxygen atoms in total. The van der Waals surface area contributed by atoms with E-state index in [-0.39, 0.29) is 18.0 Å². The number of fused-ring (bicyclic) bond motifs is 1. The van der Waals surface area contributed by atoms with E-state index < -0.39 is 0 Å². The molecular weight excluding hydrogens is 412 g/mol. The van der Waals surface area contributed by atoms with Gasteiger partial charge in [0.05, 0.1) is 24.1 Å². The highest BCUT2D eigenvalue weighted by atomic mass is 35.5. The number of hydrogen-bond donors (Lipinski definition) is 1. The number of aryl methyl sites for hydroxylation is 2. The molecule has 0 spiro atoms. The van der Waals surface area contributed by atoms with E-state index in [2.05, 4.69) is 10.3 Å². The van der Waals surface area contributed by atoms with Gasteiger partial charge in [0.2, 0.25) is 5.91 Å². The average molecular weight is 435 g/mol. The molecule has 0 unspecified atom stereocenters. The molecule has 0 bridgehead atoms. The highest BCUT2D eigenvalue weighted by Gasteiger charge is 2.19. The van der Waals surface area contributed by atoms with Crippen molar-refractivity contribution in [3.8, 4) is 5.75 Å². The maximum absolute atomic E-state index is 13.2. The van der Waals surface area contributed by atoms with Crippen molar-refractivity contribution in [3.63, 3.8) is 0 Å². The molecule has 1 amide bonds. The molecule has 0 fully saturated rings. The van der Waals surface area contributed by atoms with Gasteiger partial charge in [-0.1, -0.05) is 11.6 Å². The smallest absolute Gasteiger partial charge is 0.263 e. The quantitative estimate of drug-likeness (QED) is 0.643. The first kappa shape index (κ1) is 21.3. The van der Waals surface area contributed by atoms with Crippen molar-refractivity contribution in [1.29, 1.82) is 0 Å². The molecule has 154 valence electrons. The van der Waals surface area contributed by atoms with Gasteiger partial charge >= 0.3 is 0 Å². The standard InChI is InChI=1S/C20H23ClN4O3S/c1-11-12(2)29-19-18(11)20(27)25(16(23-19)9-24(3)4)10-17(26)22-13-6-7-15(28-5)14(21)8-13/h6-8H,9-10H2,1-5H3,(H,22,26). The molecule has 0 radical (unpaired) electrons. The van der Waals surface area contributed by atoms with Crippen molar-refractivity contribution < 1.29 is 9.53 Å². The zero-order chi connectivity index (χ0) is 21.3. The molecule has 29 heavy (non-hydrogen) atoms. The van der Waals surface area contributed by atoms with E-state index in [4.69, 9.17) is 16.3 Å². The van der Waals surface area contributed by atoms with Crippen LogP contribution in [0.2, 0.25) is 5.02 Å². The van der Waals surface area contributed by atoms with E-state index in [1.165, 1.54) is 23.0 Å². The normalized spacial score (nSPS) is 11.3. The summed E-state index contributed by atoms with van der Waals surface area (Å²) in [4.78, 5) is 34.2. The highest BCUT2D eigenvalue weighted by Crippen LogP contribution is 2.28. The number of carbonyl (C=O) groups is 1. The first-order valence-electron chi connectivity index (χ1n) is 8.98. The van der Waals surface area contributed by atoms with Gasteiger partial charge in [-0.05, 0) is 51.7 Å². The Labute approximate surface area is 177 Å². The van der Waals surface area contributed by atoms with Gasteiger partial charge in [0.1, 0.15) is 22.9 Å². The summed E-state index contributed by atoms with van der Waals surface area (Å²) in [5.41, 5.74) is 1.24. The number of ether oxygens (including phenoxy) is 1. The third-order valence-electron chi connectivity index (χ3n) is 4.56. The fourth-order valence-electron chi connectivity index (χ4n) is 3.02. The predicted octanol–water partition coefficient (Wildman–Crippen LogP) is 3.44. The van der Waals surface area contributed by atoms with Gasteiger partial charge < -0.3 is 15.0 Å². The second-order valence-electron chi connectivity index (χ2n) is 7.02. The van der Waals surface area contributed by atoms with Gasteiger partial charge in [-0.3, -0.25) is 14.2 Å². The molecule has 0 aliphatic heterocycles. The number of methoxy groups -OCH3 is 1. The zero-order valence-electron chi connectivity index (χ0n) is 17.0. The monoisotopic (exact) mass is 434 g/mol. The summed E-state index contributed by atoms with van der Waals surface area (Å²) >= 11 is 7.62. The lowest BCUT2D eigenvalue weighted by Crippen LogP contribution is -2.32. The molecule has 2 aromatic heterocycles. The predicted molar refractivity (Wildman–Crippen MR) is 117 cm³/mol. The molecule has 1 aromatic carbocycles. The van der Waals surface area contributed by atoms with Gasteiger partial charge in [-0.25, -0.2) is 4.98 Å². The topological polar surface area (TPSA) is 76.5 Å². The lowest BCUT2D eigenvalue weighted by molar-refractivity contribution is -0.116. The van der Waals surface area contributed by atoms with Crippen LogP contribution < -0.4 is 15.6 Å². The van der Waals surface area contributed by atoms with Crippen LogP contribution in [0.25, 0.3) is 10.2 Å².